The van der Waals surface area contributed by atoms with E-state index in [-0.39, 0.29) is 11.1 Å². The molecule has 1 aromatic carbocycles. The Morgan fingerprint density at radius 2 is 1.95 bits per heavy atom. The highest BCUT2D eigenvalue weighted by Gasteiger charge is 2.15. The number of pyridine rings is 1. The number of hydrogen-bond donors (Lipinski definition) is 1. The number of fused-ring (bicyclic) bond motifs is 1. The molecular formula is C17H19N3O. The molecule has 0 saturated heterocycles. The molecule has 4 heteroatoms. The fraction of sp³-hybridized carbons (Fsp3) is 0.294. The van der Waals surface area contributed by atoms with Gasteiger partial charge < -0.3 is 4.98 Å². The molecule has 3 aromatic rings. The van der Waals surface area contributed by atoms with E-state index < -0.39 is 0 Å². The van der Waals surface area contributed by atoms with Crippen LogP contribution in [0.1, 0.15) is 32.0 Å². The van der Waals surface area contributed by atoms with Crippen molar-refractivity contribution in [2.45, 2.75) is 32.7 Å². The normalized spacial score (nSPS) is 12.0. The first kappa shape index (κ1) is 13.6. The molecule has 0 fully saturated rings. The minimum Gasteiger partial charge on any atom is -0.306 e. The summed E-state index contributed by atoms with van der Waals surface area (Å²) in [6, 6.07) is 11.8. The zero-order chi connectivity index (χ0) is 15.0. The maximum atomic E-state index is 12.1. The molecule has 1 N–H and O–H groups in total. The van der Waals surface area contributed by atoms with Gasteiger partial charge in [0.25, 0.3) is 0 Å². The second-order valence-electron chi connectivity index (χ2n) is 6.32. The molecule has 108 valence electrons. The molecule has 2 aromatic heterocycles. The van der Waals surface area contributed by atoms with Crippen LogP contribution in [0, 0.1) is 0 Å². The molecule has 0 saturated carbocycles. The molecule has 0 spiro atoms. The molecule has 4 nitrogen and oxygen atoms in total. The van der Waals surface area contributed by atoms with Crippen molar-refractivity contribution in [1.29, 1.82) is 0 Å². The first-order chi connectivity index (χ1) is 9.95. The van der Waals surface area contributed by atoms with E-state index in [4.69, 9.17) is 0 Å². The van der Waals surface area contributed by atoms with Gasteiger partial charge >= 0.3 is 5.69 Å². The van der Waals surface area contributed by atoms with Crippen molar-refractivity contribution in [3.8, 4) is 0 Å². The van der Waals surface area contributed by atoms with Crippen LogP contribution in [0.4, 0.5) is 0 Å². The van der Waals surface area contributed by atoms with Gasteiger partial charge in [-0.2, -0.15) is 0 Å². The third-order valence-corrected chi connectivity index (χ3v) is 3.68. The Balaban J connectivity index is 2.03. The standard InChI is InChI=1S/C17H19N3O/c1-17(2,3)12-8-9-18-13(10-12)11-20-15-7-5-4-6-14(15)19-16(20)21/h4-10H,11H2,1-3H3,(H,19,21). The highest BCUT2D eigenvalue weighted by molar-refractivity contribution is 5.74. The van der Waals surface area contributed by atoms with Crippen molar-refractivity contribution >= 4 is 11.0 Å². The van der Waals surface area contributed by atoms with Gasteiger partial charge in [0.15, 0.2) is 0 Å². The van der Waals surface area contributed by atoms with Crippen molar-refractivity contribution in [3.63, 3.8) is 0 Å². The van der Waals surface area contributed by atoms with Gasteiger partial charge in [-0.15, -0.1) is 0 Å². The molecule has 0 atom stereocenters. The Labute approximate surface area is 123 Å². The lowest BCUT2D eigenvalue weighted by molar-refractivity contribution is 0.586. The van der Waals surface area contributed by atoms with Crippen LogP contribution < -0.4 is 5.69 Å². The predicted octanol–water partition coefficient (Wildman–Crippen LogP) is 3.07. The van der Waals surface area contributed by atoms with E-state index in [2.05, 4.69) is 36.8 Å². The summed E-state index contributed by atoms with van der Waals surface area (Å²) in [4.78, 5) is 19.4. The third-order valence-electron chi connectivity index (χ3n) is 3.68. The zero-order valence-corrected chi connectivity index (χ0v) is 12.6. The van der Waals surface area contributed by atoms with Crippen molar-refractivity contribution in [1.82, 2.24) is 14.5 Å². The van der Waals surface area contributed by atoms with Gasteiger partial charge in [-0.05, 0) is 35.2 Å². The number of nitrogens with zero attached hydrogens (tertiary/aromatic N) is 2. The van der Waals surface area contributed by atoms with Gasteiger partial charge in [0.1, 0.15) is 0 Å². The summed E-state index contributed by atoms with van der Waals surface area (Å²) in [5.41, 5.74) is 3.86. The van der Waals surface area contributed by atoms with Crippen molar-refractivity contribution < 1.29 is 0 Å². The molecular weight excluding hydrogens is 262 g/mol. The highest BCUT2D eigenvalue weighted by Crippen LogP contribution is 2.22. The summed E-state index contributed by atoms with van der Waals surface area (Å²) in [5, 5.41) is 0. The molecule has 0 radical (unpaired) electrons. The minimum atomic E-state index is -0.0980. The summed E-state index contributed by atoms with van der Waals surface area (Å²) in [5.74, 6) is 0. The first-order valence-corrected chi connectivity index (χ1v) is 7.08. The molecule has 0 aliphatic carbocycles. The van der Waals surface area contributed by atoms with Crippen molar-refractivity contribution in [3.05, 3.63) is 64.3 Å². The average Bonchev–Trinajstić information content (AvgIpc) is 2.75. The van der Waals surface area contributed by atoms with Crippen LogP contribution >= 0.6 is 0 Å². The number of imidazole rings is 1. The predicted molar refractivity (Wildman–Crippen MR) is 84.6 cm³/mol. The number of H-pyrrole nitrogens is 1. The van der Waals surface area contributed by atoms with Crippen LogP contribution in [-0.4, -0.2) is 14.5 Å². The Morgan fingerprint density at radius 3 is 2.71 bits per heavy atom. The first-order valence-electron chi connectivity index (χ1n) is 7.08. The number of aromatic nitrogens is 3. The second-order valence-corrected chi connectivity index (χ2v) is 6.32. The van der Waals surface area contributed by atoms with E-state index in [1.807, 2.05) is 36.5 Å². The SMILES string of the molecule is CC(C)(C)c1ccnc(Cn2c(=O)[nH]c3ccccc32)c1. The molecule has 2 heterocycles. The van der Waals surface area contributed by atoms with Crippen LogP contribution in [0.5, 0.6) is 0 Å². The number of nitrogens with one attached hydrogen (secondary N) is 1. The monoisotopic (exact) mass is 281 g/mol. The Hall–Kier alpha value is -2.36. The van der Waals surface area contributed by atoms with Gasteiger partial charge in [-0.3, -0.25) is 9.55 Å². The summed E-state index contributed by atoms with van der Waals surface area (Å²) in [6.07, 6.45) is 1.82. The highest BCUT2D eigenvalue weighted by atomic mass is 16.1. The average molecular weight is 281 g/mol. The summed E-state index contributed by atoms with van der Waals surface area (Å²) >= 11 is 0. The van der Waals surface area contributed by atoms with E-state index in [1.165, 1.54) is 5.56 Å². The number of rotatable bonds is 2. The molecule has 3 rings (SSSR count). The molecule has 21 heavy (non-hydrogen) atoms. The fourth-order valence-corrected chi connectivity index (χ4v) is 2.46. The van der Waals surface area contributed by atoms with Gasteiger partial charge in [0.2, 0.25) is 0 Å². The van der Waals surface area contributed by atoms with Crippen molar-refractivity contribution in [2.24, 2.45) is 0 Å². The molecule has 0 unspecified atom stereocenters. The maximum absolute atomic E-state index is 12.1. The Bertz CT molecular complexity index is 837. The van der Waals surface area contributed by atoms with Gasteiger partial charge in [-0.1, -0.05) is 32.9 Å². The van der Waals surface area contributed by atoms with Crippen LogP contribution in [0.2, 0.25) is 0 Å². The summed E-state index contributed by atoms with van der Waals surface area (Å²) in [7, 11) is 0. The maximum Gasteiger partial charge on any atom is 0.326 e. The van der Waals surface area contributed by atoms with E-state index in [0.717, 1.165) is 16.7 Å². The quantitative estimate of drug-likeness (QED) is 0.785. The zero-order valence-electron chi connectivity index (χ0n) is 12.6. The van der Waals surface area contributed by atoms with E-state index in [1.54, 1.807) is 4.57 Å². The van der Waals surface area contributed by atoms with Crippen LogP contribution in [-0.2, 0) is 12.0 Å². The smallest absolute Gasteiger partial charge is 0.306 e. The lowest BCUT2D eigenvalue weighted by Gasteiger charge is -2.19. The fourth-order valence-electron chi connectivity index (χ4n) is 2.46. The number of aromatic amines is 1. The van der Waals surface area contributed by atoms with Gasteiger partial charge in [0.05, 0.1) is 23.3 Å². The Morgan fingerprint density at radius 1 is 1.19 bits per heavy atom. The Kier molecular flexibility index (Phi) is 3.16. The summed E-state index contributed by atoms with van der Waals surface area (Å²) in [6.45, 7) is 6.99. The molecule has 0 aliphatic rings. The number of hydrogen-bond acceptors (Lipinski definition) is 2. The van der Waals surface area contributed by atoms with Crippen LogP contribution in [0.25, 0.3) is 11.0 Å². The lowest BCUT2D eigenvalue weighted by Crippen LogP contribution is -2.19. The number of para-hydroxylation sites is 2. The molecule has 0 amide bonds. The minimum absolute atomic E-state index is 0.0723. The topological polar surface area (TPSA) is 50.7 Å². The molecule has 0 bridgehead atoms. The van der Waals surface area contributed by atoms with E-state index in [0.29, 0.717) is 6.54 Å². The van der Waals surface area contributed by atoms with Crippen LogP contribution in [0.3, 0.4) is 0 Å². The largest absolute Gasteiger partial charge is 0.326 e. The van der Waals surface area contributed by atoms with Gasteiger partial charge in [-0.25, -0.2) is 4.79 Å². The van der Waals surface area contributed by atoms with Gasteiger partial charge in [0, 0.05) is 6.20 Å². The summed E-state index contributed by atoms with van der Waals surface area (Å²) < 4.78 is 1.73. The third kappa shape index (κ3) is 2.61. The number of benzene rings is 1. The molecule has 0 aliphatic heterocycles. The second kappa shape index (κ2) is 4.88. The van der Waals surface area contributed by atoms with Crippen molar-refractivity contribution in [2.75, 3.05) is 0 Å². The van der Waals surface area contributed by atoms with E-state index >= 15 is 0 Å². The van der Waals surface area contributed by atoms with Crippen LogP contribution in [0.15, 0.2) is 47.4 Å². The lowest BCUT2D eigenvalue weighted by atomic mass is 9.87. The van der Waals surface area contributed by atoms with E-state index in [9.17, 15) is 4.79 Å².